The highest BCUT2D eigenvalue weighted by Gasteiger charge is 2.15. The van der Waals surface area contributed by atoms with Crippen LogP contribution in [0.25, 0.3) is 0 Å². The summed E-state index contributed by atoms with van der Waals surface area (Å²) in [5.74, 6) is -0.0568. The molecule has 0 N–H and O–H groups in total. The van der Waals surface area contributed by atoms with Gasteiger partial charge in [-0.2, -0.15) is 0 Å². The monoisotopic (exact) mass is 227 g/mol. The highest BCUT2D eigenvalue weighted by molar-refractivity contribution is 6.09. The number of carbonyl (C=O) groups excluding carboxylic acids is 2. The van der Waals surface area contributed by atoms with Crippen LogP contribution in [0.2, 0.25) is 0 Å². The summed E-state index contributed by atoms with van der Waals surface area (Å²) in [5.41, 5.74) is 2.64. The maximum Gasteiger partial charge on any atom is 0.209 e. The Morgan fingerprint density at radius 1 is 1.18 bits per heavy atom. The molecule has 2 rings (SSSR count). The Bertz CT molecular complexity index is 582. The summed E-state index contributed by atoms with van der Waals surface area (Å²) in [5, 5.41) is 0. The third kappa shape index (κ3) is 1.91. The van der Waals surface area contributed by atoms with Gasteiger partial charge in [-0.1, -0.05) is 24.3 Å². The van der Waals surface area contributed by atoms with E-state index in [-0.39, 0.29) is 5.78 Å². The van der Waals surface area contributed by atoms with E-state index in [1.807, 2.05) is 25.1 Å². The molecular formula is C14H13NO2. The highest BCUT2D eigenvalue weighted by atomic mass is 16.1. The minimum Gasteiger partial charge on any atom is -0.339 e. The first-order chi connectivity index (χ1) is 8.15. The number of hydrogen-bond donors (Lipinski definition) is 0. The van der Waals surface area contributed by atoms with Crippen molar-refractivity contribution in [2.24, 2.45) is 7.05 Å². The zero-order chi connectivity index (χ0) is 12.4. The van der Waals surface area contributed by atoms with E-state index in [0.717, 1.165) is 11.8 Å². The van der Waals surface area contributed by atoms with Gasteiger partial charge < -0.3 is 4.57 Å². The molecule has 1 heterocycles. The average molecular weight is 227 g/mol. The summed E-state index contributed by atoms with van der Waals surface area (Å²) in [6.07, 6.45) is 0.745. The summed E-state index contributed by atoms with van der Waals surface area (Å²) in [4.78, 5) is 23.0. The smallest absolute Gasteiger partial charge is 0.209 e. The maximum atomic E-state index is 12.3. The lowest BCUT2D eigenvalue weighted by molar-refractivity contribution is 0.103. The molecule has 0 amide bonds. The van der Waals surface area contributed by atoms with Gasteiger partial charge in [0.05, 0.1) is 11.4 Å². The van der Waals surface area contributed by atoms with Gasteiger partial charge in [-0.15, -0.1) is 0 Å². The van der Waals surface area contributed by atoms with Gasteiger partial charge in [0.2, 0.25) is 5.78 Å². The zero-order valence-electron chi connectivity index (χ0n) is 9.81. The van der Waals surface area contributed by atoms with Crippen LogP contribution in [0, 0.1) is 6.92 Å². The summed E-state index contributed by atoms with van der Waals surface area (Å²) >= 11 is 0. The minimum absolute atomic E-state index is 0.0568. The average Bonchev–Trinajstić information content (AvgIpc) is 2.70. The molecule has 0 bridgehead atoms. The Balaban J connectivity index is 2.48. The van der Waals surface area contributed by atoms with E-state index in [1.165, 1.54) is 0 Å². The number of nitrogens with zero attached hydrogens (tertiary/aromatic N) is 1. The van der Waals surface area contributed by atoms with E-state index < -0.39 is 0 Å². The second-order valence-electron chi connectivity index (χ2n) is 3.96. The molecule has 3 heteroatoms. The van der Waals surface area contributed by atoms with Crippen LogP contribution >= 0.6 is 0 Å². The number of hydrogen-bond acceptors (Lipinski definition) is 2. The normalized spacial score (nSPS) is 10.2. The van der Waals surface area contributed by atoms with Crippen LogP contribution in [0.5, 0.6) is 0 Å². The maximum absolute atomic E-state index is 12.3. The molecule has 17 heavy (non-hydrogen) atoms. The van der Waals surface area contributed by atoms with Crippen LogP contribution in [-0.4, -0.2) is 16.6 Å². The topological polar surface area (TPSA) is 39.1 Å². The summed E-state index contributed by atoms with van der Waals surface area (Å²) in [6.45, 7) is 1.90. The first-order valence-corrected chi connectivity index (χ1v) is 5.36. The van der Waals surface area contributed by atoms with Crippen LogP contribution in [0.1, 0.15) is 32.1 Å². The Kier molecular flexibility index (Phi) is 2.91. The number of aryl methyl sites for hydroxylation is 1. The first kappa shape index (κ1) is 11.3. The molecule has 0 aliphatic rings. The quantitative estimate of drug-likeness (QED) is 0.596. The molecule has 3 nitrogen and oxygen atoms in total. The van der Waals surface area contributed by atoms with E-state index in [2.05, 4.69) is 0 Å². The molecule has 1 aromatic carbocycles. The zero-order valence-corrected chi connectivity index (χ0v) is 9.81. The van der Waals surface area contributed by atoms with E-state index >= 15 is 0 Å². The molecule has 0 saturated carbocycles. The molecular weight excluding hydrogens is 214 g/mol. The second kappa shape index (κ2) is 4.37. The first-order valence-electron chi connectivity index (χ1n) is 5.36. The van der Waals surface area contributed by atoms with E-state index in [9.17, 15) is 9.59 Å². The summed E-state index contributed by atoms with van der Waals surface area (Å²) < 4.78 is 1.61. The van der Waals surface area contributed by atoms with Gasteiger partial charge in [0.1, 0.15) is 0 Å². The molecule has 0 saturated heterocycles. The fraction of sp³-hybridized carbons (Fsp3) is 0.143. The van der Waals surface area contributed by atoms with Crippen molar-refractivity contribution >= 4 is 12.1 Å². The Morgan fingerprint density at radius 2 is 1.88 bits per heavy atom. The number of aldehydes is 1. The number of rotatable bonds is 3. The third-order valence-electron chi connectivity index (χ3n) is 2.90. The fourth-order valence-electron chi connectivity index (χ4n) is 1.84. The Morgan fingerprint density at radius 3 is 2.47 bits per heavy atom. The van der Waals surface area contributed by atoms with Crippen molar-refractivity contribution in [1.82, 2.24) is 4.57 Å². The van der Waals surface area contributed by atoms with Crippen molar-refractivity contribution in [2.75, 3.05) is 0 Å². The Hall–Kier alpha value is -2.16. The highest BCUT2D eigenvalue weighted by Crippen LogP contribution is 2.15. The molecule has 0 radical (unpaired) electrons. The van der Waals surface area contributed by atoms with Crippen molar-refractivity contribution in [3.05, 3.63) is 58.9 Å². The predicted octanol–water partition coefficient (Wildman–Crippen LogP) is 2.38. The van der Waals surface area contributed by atoms with E-state index in [1.54, 1.807) is 29.8 Å². The number of aromatic nitrogens is 1. The molecule has 0 aliphatic carbocycles. The molecule has 0 atom stereocenters. The molecule has 0 fully saturated rings. The lowest BCUT2D eigenvalue weighted by atomic mass is 10.0. The summed E-state index contributed by atoms with van der Waals surface area (Å²) in [6, 6.07) is 10.8. The molecule has 1 aromatic heterocycles. The van der Waals surface area contributed by atoms with Crippen LogP contribution in [0.3, 0.4) is 0 Å². The number of benzene rings is 1. The molecule has 86 valence electrons. The molecule has 0 spiro atoms. The fourth-order valence-corrected chi connectivity index (χ4v) is 1.84. The minimum atomic E-state index is -0.0568. The lowest BCUT2D eigenvalue weighted by Crippen LogP contribution is -2.10. The number of ketones is 1. The van der Waals surface area contributed by atoms with Crippen molar-refractivity contribution in [3.8, 4) is 0 Å². The number of carbonyl (C=O) groups is 2. The summed E-state index contributed by atoms with van der Waals surface area (Å²) in [7, 11) is 1.72. The lowest BCUT2D eigenvalue weighted by Gasteiger charge is -2.06. The van der Waals surface area contributed by atoms with E-state index in [0.29, 0.717) is 17.0 Å². The predicted molar refractivity (Wildman–Crippen MR) is 65.4 cm³/mol. The van der Waals surface area contributed by atoms with Gasteiger partial charge in [-0.25, -0.2) is 0 Å². The molecule has 0 unspecified atom stereocenters. The molecule has 2 aromatic rings. The van der Waals surface area contributed by atoms with Crippen molar-refractivity contribution in [2.45, 2.75) is 6.92 Å². The van der Waals surface area contributed by atoms with Gasteiger partial charge in [0, 0.05) is 12.6 Å². The van der Waals surface area contributed by atoms with Crippen molar-refractivity contribution < 1.29 is 9.59 Å². The van der Waals surface area contributed by atoms with Gasteiger partial charge in [-0.05, 0) is 24.6 Å². The van der Waals surface area contributed by atoms with E-state index in [4.69, 9.17) is 0 Å². The van der Waals surface area contributed by atoms with Crippen molar-refractivity contribution in [1.29, 1.82) is 0 Å². The van der Waals surface area contributed by atoms with Gasteiger partial charge in [-0.3, -0.25) is 9.59 Å². The van der Waals surface area contributed by atoms with Crippen molar-refractivity contribution in [3.63, 3.8) is 0 Å². The second-order valence-corrected chi connectivity index (χ2v) is 3.96. The standard InChI is InChI=1S/C14H13NO2/c1-10-5-3-4-6-12(10)14(17)13-8-7-11(9-16)15(13)2/h3-9H,1-2H3. The van der Waals surface area contributed by atoms with Crippen LogP contribution in [-0.2, 0) is 7.05 Å². The SMILES string of the molecule is Cc1ccccc1C(=O)c1ccc(C=O)n1C. The largest absolute Gasteiger partial charge is 0.339 e. The molecule has 0 aliphatic heterocycles. The Labute approximate surface area is 99.7 Å². The van der Waals surface area contributed by atoms with Crippen LogP contribution < -0.4 is 0 Å². The van der Waals surface area contributed by atoms with Gasteiger partial charge in [0.25, 0.3) is 0 Å². The third-order valence-corrected chi connectivity index (χ3v) is 2.90. The van der Waals surface area contributed by atoms with Crippen LogP contribution in [0.4, 0.5) is 0 Å². The van der Waals surface area contributed by atoms with Gasteiger partial charge >= 0.3 is 0 Å². The van der Waals surface area contributed by atoms with Crippen LogP contribution in [0.15, 0.2) is 36.4 Å². The van der Waals surface area contributed by atoms with Gasteiger partial charge in [0.15, 0.2) is 6.29 Å².